The Morgan fingerprint density at radius 3 is 2.25 bits per heavy atom. The van der Waals surface area contributed by atoms with E-state index in [-0.39, 0.29) is 28.3 Å². The fourth-order valence-corrected chi connectivity index (χ4v) is 5.13. The number of nitrogens with one attached hydrogen (secondary N) is 1. The van der Waals surface area contributed by atoms with Gasteiger partial charge in [-0.15, -0.1) is 11.8 Å². The minimum Gasteiger partial charge on any atom is -0.497 e. The Labute approximate surface area is 150 Å². The van der Waals surface area contributed by atoms with Gasteiger partial charge in [-0.1, -0.05) is 20.8 Å². The van der Waals surface area contributed by atoms with Crippen LogP contribution in [0, 0.1) is 5.92 Å². The summed E-state index contributed by atoms with van der Waals surface area (Å²) in [6.45, 7) is 13.1. The second-order valence-electron chi connectivity index (χ2n) is 7.83. The molecular weight excluding hydrogens is 338 g/mol. The number of ether oxygens (including phenoxy) is 1. The second kappa shape index (κ2) is 7.10. The maximum atomic E-state index is 12.1. The molecule has 6 heteroatoms. The van der Waals surface area contributed by atoms with Crippen molar-refractivity contribution in [3.63, 3.8) is 0 Å². The number of thioether (sulfide) groups is 1. The van der Waals surface area contributed by atoms with E-state index in [0.29, 0.717) is 0 Å². The third-order valence-electron chi connectivity index (χ3n) is 5.03. The molecule has 1 amide bonds. The van der Waals surface area contributed by atoms with E-state index >= 15 is 0 Å². The summed E-state index contributed by atoms with van der Waals surface area (Å²) in [5.41, 5.74) is 0. The van der Waals surface area contributed by atoms with Gasteiger partial charge in [0.05, 0.1) is 24.5 Å². The third-order valence-corrected chi connectivity index (χ3v) is 10.8. The molecule has 4 nitrogen and oxygen atoms in total. The Balaban J connectivity index is 2.02. The van der Waals surface area contributed by atoms with Gasteiger partial charge in [0.2, 0.25) is 5.91 Å². The first kappa shape index (κ1) is 19.3. The number of carbonyl (C=O) groups excluding carboxylic acids is 1. The van der Waals surface area contributed by atoms with Crippen LogP contribution in [-0.2, 0) is 9.22 Å². The molecule has 1 aromatic rings. The molecule has 1 aliphatic rings. The summed E-state index contributed by atoms with van der Waals surface area (Å²) >= 11 is 1.67. The number of β-lactam (4-membered cyclic amide) rings is 1. The van der Waals surface area contributed by atoms with Crippen LogP contribution in [0.15, 0.2) is 29.2 Å². The van der Waals surface area contributed by atoms with Gasteiger partial charge < -0.3 is 14.5 Å². The molecule has 1 fully saturated rings. The summed E-state index contributed by atoms with van der Waals surface area (Å²) in [5, 5.41) is 3.20. The highest BCUT2D eigenvalue weighted by atomic mass is 32.2. The van der Waals surface area contributed by atoms with Crippen molar-refractivity contribution in [2.45, 2.75) is 62.2 Å². The van der Waals surface area contributed by atoms with E-state index < -0.39 is 8.32 Å². The van der Waals surface area contributed by atoms with E-state index in [4.69, 9.17) is 9.16 Å². The molecule has 1 unspecified atom stereocenters. The van der Waals surface area contributed by atoms with Crippen molar-refractivity contribution in [2.75, 3.05) is 7.11 Å². The average Bonchev–Trinajstić information content (AvgIpc) is 2.45. The smallest absolute Gasteiger partial charge is 0.229 e. The zero-order valence-electron chi connectivity index (χ0n) is 15.7. The summed E-state index contributed by atoms with van der Waals surface area (Å²) in [7, 11) is -0.226. The molecule has 3 atom stereocenters. The SMILES string of the molecule is COc1ccc(S[C@H]2NC(=O)[C@@H]2C(C)O[Si](C)(C)C(C)(C)C)cc1. The molecule has 134 valence electrons. The van der Waals surface area contributed by atoms with E-state index in [1.54, 1.807) is 18.9 Å². The number of amides is 1. The van der Waals surface area contributed by atoms with Crippen LogP contribution < -0.4 is 10.1 Å². The molecule has 0 radical (unpaired) electrons. The lowest BCUT2D eigenvalue weighted by Crippen LogP contribution is -2.62. The number of benzene rings is 1. The quantitative estimate of drug-likeness (QED) is 0.602. The molecule has 0 aliphatic carbocycles. The van der Waals surface area contributed by atoms with Gasteiger partial charge in [0.25, 0.3) is 0 Å². The molecule has 0 bridgehead atoms. The van der Waals surface area contributed by atoms with Crippen LogP contribution in [0.2, 0.25) is 18.1 Å². The molecule has 24 heavy (non-hydrogen) atoms. The minimum absolute atomic E-state index is 0.0608. The monoisotopic (exact) mass is 367 g/mol. The largest absolute Gasteiger partial charge is 0.497 e. The summed E-state index contributed by atoms with van der Waals surface area (Å²) in [4.78, 5) is 13.2. The number of hydrogen-bond acceptors (Lipinski definition) is 4. The Hall–Kier alpha value is -0.983. The summed E-state index contributed by atoms with van der Waals surface area (Å²) < 4.78 is 11.6. The van der Waals surface area contributed by atoms with Crippen molar-refractivity contribution in [3.05, 3.63) is 24.3 Å². The molecule has 1 heterocycles. The van der Waals surface area contributed by atoms with Crippen molar-refractivity contribution in [1.82, 2.24) is 5.32 Å². The predicted molar refractivity (Wildman–Crippen MR) is 102 cm³/mol. The van der Waals surface area contributed by atoms with Crippen LogP contribution in [0.5, 0.6) is 5.75 Å². The number of carbonyl (C=O) groups is 1. The summed E-state index contributed by atoms with van der Waals surface area (Å²) in [5.74, 6) is 0.821. The highest BCUT2D eigenvalue weighted by Gasteiger charge is 2.47. The van der Waals surface area contributed by atoms with Crippen LogP contribution in [0.4, 0.5) is 0 Å². The van der Waals surface area contributed by atoms with E-state index in [0.717, 1.165) is 10.6 Å². The zero-order valence-corrected chi connectivity index (χ0v) is 17.5. The fraction of sp³-hybridized carbons (Fsp3) is 0.611. The lowest BCUT2D eigenvalue weighted by atomic mass is 9.96. The second-order valence-corrected chi connectivity index (χ2v) is 13.8. The molecule has 0 aromatic heterocycles. The van der Waals surface area contributed by atoms with E-state index in [9.17, 15) is 4.79 Å². The van der Waals surface area contributed by atoms with Crippen LogP contribution in [0.25, 0.3) is 0 Å². The van der Waals surface area contributed by atoms with Gasteiger partial charge in [-0.05, 0) is 49.3 Å². The van der Waals surface area contributed by atoms with Crippen molar-refractivity contribution in [2.24, 2.45) is 5.92 Å². The lowest BCUT2D eigenvalue weighted by molar-refractivity contribution is -0.136. The summed E-state index contributed by atoms with van der Waals surface area (Å²) in [6.07, 6.45) is -0.0737. The first-order chi connectivity index (χ1) is 11.0. The predicted octanol–water partition coefficient (Wildman–Crippen LogP) is 4.27. The normalized spacial score (nSPS) is 22.5. The average molecular weight is 368 g/mol. The van der Waals surface area contributed by atoms with Gasteiger partial charge in [0, 0.05) is 4.90 Å². The van der Waals surface area contributed by atoms with Gasteiger partial charge in [0.15, 0.2) is 8.32 Å². The lowest BCUT2D eigenvalue weighted by Gasteiger charge is -2.45. The topological polar surface area (TPSA) is 47.6 Å². The zero-order chi connectivity index (χ0) is 18.1. The summed E-state index contributed by atoms with van der Waals surface area (Å²) in [6, 6.07) is 7.91. The van der Waals surface area contributed by atoms with Crippen molar-refractivity contribution >= 4 is 26.0 Å². The fourth-order valence-electron chi connectivity index (χ4n) is 2.45. The Kier molecular flexibility index (Phi) is 5.72. The minimum atomic E-state index is -1.88. The number of hydrogen-bond donors (Lipinski definition) is 1. The van der Waals surface area contributed by atoms with E-state index in [1.165, 1.54) is 0 Å². The van der Waals surface area contributed by atoms with Gasteiger partial charge in [-0.2, -0.15) is 0 Å². The first-order valence-corrected chi connectivity index (χ1v) is 12.1. The molecular formula is C18H29NO3SSi. The molecule has 2 rings (SSSR count). The molecule has 1 aliphatic heterocycles. The third kappa shape index (κ3) is 4.16. The van der Waals surface area contributed by atoms with Crippen LogP contribution in [0.1, 0.15) is 27.7 Å². The maximum absolute atomic E-state index is 12.1. The molecule has 0 spiro atoms. The van der Waals surface area contributed by atoms with Crippen molar-refractivity contribution in [1.29, 1.82) is 0 Å². The Morgan fingerprint density at radius 2 is 1.79 bits per heavy atom. The van der Waals surface area contributed by atoms with Gasteiger partial charge in [-0.25, -0.2) is 0 Å². The van der Waals surface area contributed by atoms with Crippen LogP contribution in [0.3, 0.4) is 0 Å². The van der Waals surface area contributed by atoms with E-state index in [2.05, 4.69) is 39.2 Å². The van der Waals surface area contributed by atoms with Crippen LogP contribution in [-0.4, -0.2) is 32.8 Å². The van der Waals surface area contributed by atoms with Crippen molar-refractivity contribution < 1.29 is 14.0 Å². The Bertz CT molecular complexity index is 583. The van der Waals surface area contributed by atoms with Crippen LogP contribution >= 0.6 is 11.8 Å². The molecule has 1 saturated heterocycles. The van der Waals surface area contributed by atoms with Gasteiger partial charge >= 0.3 is 0 Å². The Morgan fingerprint density at radius 1 is 1.21 bits per heavy atom. The van der Waals surface area contributed by atoms with Gasteiger partial charge in [0.1, 0.15) is 5.75 Å². The number of methoxy groups -OCH3 is 1. The standard InChI is InChI=1S/C18H29NO3SSi/c1-12(22-24(6,7)18(2,3)4)15-16(20)19-17(15)23-14-10-8-13(21-5)9-11-14/h8-12,15,17H,1-7H3,(H,19,20)/t12?,15-,17+/m0/s1. The molecule has 1 N–H and O–H groups in total. The van der Waals surface area contributed by atoms with Gasteiger partial charge in [-0.3, -0.25) is 4.79 Å². The molecule has 1 aromatic carbocycles. The molecule has 0 saturated carbocycles. The highest BCUT2D eigenvalue weighted by molar-refractivity contribution is 8.00. The number of rotatable bonds is 6. The van der Waals surface area contributed by atoms with E-state index in [1.807, 2.05) is 31.2 Å². The highest BCUT2D eigenvalue weighted by Crippen LogP contribution is 2.41. The first-order valence-electron chi connectivity index (χ1n) is 8.34. The maximum Gasteiger partial charge on any atom is 0.229 e. The van der Waals surface area contributed by atoms with Crippen molar-refractivity contribution in [3.8, 4) is 5.75 Å².